The van der Waals surface area contributed by atoms with E-state index in [-0.39, 0.29) is 0 Å². The van der Waals surface area contributed by atoms with Gasteiger partial charge in [0.25, 0.3) is 0 Å². The normalized spacial score (nSPS) is 10.7. The average Bonchev–Trinajstić information content (AvgIpc) is 2.43. The zero-order valence-corrected chi connectivity index (χ0v) is 11.3. The molecule has 0 radical (unpaired) electrons. The van der Waals surface area contributed by atoms with Crippen molar-refractivity contribution in [2.24, 2.45) is 0 Å². The molecule has 0 atom stereocenters. The summed E-state index contributed by atoms with van der Waals surface area (Å²) in [5.41, 5.74) is 2.69. The van der Waals surface area contributed by atoms with Gasteiger partial charge in [-0.1, -0.05) is 56.7 Å². The summed E-state index contributed by atoms with van der Waals surface area (Å²) in [6.45, 7) is 3.93. The van der Waals surface area contributed by atoms with Gasteiger partial charge in [-0.05, 0) is 29.5 Å². The van der Waals surface area contributed by atoms with E-state index >= 15 is 0 Å². The van der Waals surface area contributed by atoms with Gasteiger partial charge in [-0.15, -0.1) is 0 Å². The zero-order valence-electron chi connectivity index (χ0n) is 11.3. The van der Waals surface area contributed by atoms with Crippen molar-refractivity contribution < 1.29 is 8.78 Å². The molecule has 0 saturated heterocycles. The number of benzene rings is 2. The molecule has 19 heavy (non-hydrogen) atoms. The maximum absolute atomic E-state index is 14.0. The fraction of sp³-hybridized carbons (Fsp3) is 0.294. The largest absolute Gasteiger partial charge is 0.203 e. The first-order valence-corrected chi connectivity index (χ1v) is 6.73. The van der Waals surface area contributed by atoms with Gasteiger partial charge in [-0.3, -0.25) is 0 Å². The van der Waals surface area contributed by atoms with E-state index in [0.29, 0.717) is 17.5 Å². The molecule has 0 bridgehead atoms. The van der Waals surface area contributed by atoms with Crippen LogP contribution >= 0.6 is 0 Å². The molecule has 0 spiro atoms. The Morgan fingerprint density at radius 2 is 1.53 bits per heavy atom. The van der Waals surface area contributed by atoms with Crippen LogP contribution in [0.25, 0.3) is 11.1 Å². The van der Waals surface area contributed by atoms with E-state index in [1.807, 2.05) is 31.2 Å². The van der Waals surface area contributed by atoms with E-state index < -0.39 is 11.6 Å². The minimum absolute atomic E-state index is 0.331. The quantitative estimate of drug-likeness (QED) is 0.713. The Morgan fingerprint density at radius 3 is 2.11 bits per heavy atom. The van der Waals surface area contributed by atoms with Gasteiger partial charge in [0.1, 0.15) is 0 Å². The standard InChI is InChI=1S/C17H18F2/c1-3-5-12-6-8-14(9-7-12)15-11-10-13(4-2)16(18)17(15)19/h6-11H,3-5H2,1-2H3. The molecule has 0 nitrogen and oxygen atoms in total. The lowest BCUT2D eigenvalue weighted by atomic mass is 9.99. The molecule has 0 amide bonds. The number of hydrogen-bond acceptors (Lipinski definition) is 0. The zero-order chi connectivity index (χ0) is 13.8. The van der Waals surface area contributed by atoms with Crippen molar-refractivity contribution in [3.8, 4) is 11.1 Å². The third kappa shape index (κ3) is 2.83. The van der Waals surface area contributed by atoms with E-state index in [2.05, 4.69) is 6.92 Å². The first-order valence-electron chi connectivity index (χ1n) is 6.73. The van der Waals surface area contributed by atoms with E-state index in [1.54, 1.807) is 12.1 Å². The summed E-state index contributed by atoms with van der Waals surface area (Å²) in [7, 11) is 0. The van der Waals surface area contributed by atoms with Gasteiger partial charge >= 0.3 is 0 Å². The molecule has 0 aliphatic heterocycles. The molecule has 0 unspecified atom stereocenters. The molecule has 2 heteroatoms. The van der Waals surface area contributed by atoms with Crippen molar-refractivity contribution in [3.05, 3.63) is 59.2 Å². The highest BCUT2D eigenvalue weighted by Crippen LogP contribution is 2.27. The summed E-state index contributed by atoms with van der Waals surface area (Å²) in [6.07, 6.45) is 2.58. The Kier molecular flexibility index (Phi) is 4.31. The summed E-state index contributed by atoms with van der Waals surface area (Å²) in [4.78, 5) is 0. The second-order valence-corrected chi connectivity index (χ2v) is 4.70. The third-order valence-electron chi connectivity index (χ3n) is 3.35. The van der Waals surface area contributed by atoms with Gasteiger partial charge in [0.05, 0.1) is 0 Å². The minimum Gasteiger partial charge on any atom is -0.203 e. The van der Waals surface area contributed by atoms with Crippen LogP contribution in [0.3, 0.4) is 0 Å². The van der Waals surface area contributed by atoms with Crippen LogP contribution in [0.2, 0.25) is 0 Å². The fourth-order valence-corrected chi connectivity index (χ4v) is 2.23. The third-order valence-corrected chi connectivity index (χ3v) is 3.35. The lowest BCUT2D eigenvalue weighted by molar-refractivity contribution is 0.502. The van der Waals surface area contributed by atoms with Crippen molar-refractivity contribution in [2.45, 2.75) is 33.1 Å². The lowest BCUT2D eigenvalue weighted by Gasteiger charge is -2.08. The second-order valence-electron chi connectivity index (χ2n) is 4.70. The summed E-state index contributed by atoms with van der Waals surface area (Å²) >= 11 is 0. The van der Waals surface area contributed by atoms with Gasteiger partial charge in [0.2, 0.25) is 0 Å². The molecule has 0 aliphatic carbocycles. The molecular weight excluding hydrogens is 242 g/mol. The van der Waals surface area contributed by atoms with E-state index in [4.69, 9.17) is 0 Å². The van der Waals surface area contributed by atoms with Crippen molar-refractivity contribution >= 4 is 0 Å². The minimum atomic E-state index is -0.748. The molecule has 0 saturated carbocycles. The van der Waals surface area contributed by atoms with Gasteiger partial charge in [-0.2, -0.15) is 0 Å². The molecule has 100 valence electrons. The average molecular weight is 260 g/mol. The second kappa shape index (κ2) is 5.96. The van der Waals surface area contributed by atoms with Crippen molar-refractivity contribution in [3.63, 3.8) is 0 Å². The maximum atomic E-state index is 14.0. The fourth-order valence-electron chi connectivity index (χ4n) is 2.23. The highest BCUT2D eigenvalue weighted by atomic mass is 19.2. The van der Waals surface area contributed by atoms with Crippen molar-refractivity contribution in [1.29, 1.82) is 0 Å². The van der Waals surface area contributed by atoms with Crippen LogP contribution in [0.1, 0.15) is 31.4 Å². The topological polar surface area (TPSA) is 0 Å². The van der Waals surface area contributed by atoms with Crippen molar-refractivity contribution in [2.75, 3.05) is 0 Å². The number of aryl methyl sites for hydroxylation is 2. The highest BCUT2D eigenvalue weighted by Gasteiger charge is 2.13. The Labute approximate surface area is 113 Å². The number of rotatable bonds is 4. The first-order chi connectivity index (χ1) is 9.17. The summed E-state index contributed by atoms with van der Waals surface area (Å²) in [5, 5.41) is 0. The molecule has 2 rings (SSSR count). The highest BCUT2D eigenvalue weighted by molar-refractivity contribution is 5.65. The molecule has 0 aromatic heterocycles. The van der Waals surface area contributed by atoms with Crippen LogP contribution < -0.4 is 0 Å². The molecule has 0 N–H and O–H groups in total. The number of halogens is 2. The van der Waals surface area contributed by atoms with E-state index in [1.165, 1.54) is 5.56 Å². The molecule has 2 aromatic rings. The van der Waals surface area contributed by atoms with Crippen LogP contribution in [0.5, 0.6) is 0 Å². The summed E-state index contributed by atoms with van der Waals surface area (Å²) in [6, 6.07) is 11.0. The monoisotopic (exact) mass is 260 g/mol. The smallest absolute Gasteiger partial charge is 0.166 e. The Hall–Kier alpha value is -1.70. The molecule has 0 aliphatic rings. The predicted molar refractivity (Wildman–Crippen MR) is 75.2 cm³/mol. The Morgan fingerprint density at radius 1 is 0.842 bits per heavy atom. The molecule has 0 fully saturated rings. The van der Waals surface area contributed by atoms with Gasteiger partial charge in [0.15, 0.2) is 11.6 Å². The van der Waals surface area contributed by atoms with Crippen molar-refractivity contribution in [1.82, 2.24) is 0 Å². The van der Waals surface area contributed by atoms with Crippen LogP contribution in [-0.2, 0) is 12.8 Å². The van der Waals surface area contributed by atoms with Gasteiger partial charge < -0.3 is 0 Å². The lowest BCUT2D eigenvalue weighted by Crippen LogP contribution is -1.96. The predicted octanol–water partition coefficient (Wildman–Crippen LogP) is 5.15. The Balaban J connectivity index is 2.39. The van der Waals surface area contributed by atoms with E-state index in [0.717, 1.165) is 18.4 Å². The molecular formula is C17H18F2. The van der Waals surface area contributed by atoms with Crippen LogP contribution in [-0.4, -0.2) is 0 Å². The summed E-state index contributed by atoms with van der Waals surface area (Å²) < 4.78 is 27.8. The van der Waals surface area contributed by atoms with Gasteiger partial charge in [0, 0.05) is 5.56 Å². The first kappa shape index (κ1) is 13.7. The maximum Gasteiger partial charge on any atom is 0.166 e. The van der Waals surface area contributed by atoms with E-state index in [9.17, 15) is 8.78 Å². The van der Waals surface area contributed by atoms with Crippen LogP contribution in [0, 0.1) is 11.6 Å². The van der Waals surface area contributed by atoms with Crippen LogP contribution in [0.4, 0.5) is 8.78 Å². The summed E-state index contributed by atoms with van der Waals surface area (Å²) in [5.74, 6) is -1.47. The Bertz CT molecular complexity index is 556. The molecule has 2 aromatic carbocycles. The van der Waals surface area contributed by atoms with Gasteiger partial charge in [-0.25, -0.2) is 8.78 Å². The number of hydrogen-bond donors (Lipinski definition) is 0. The molecule has 0 heterocycles. The van der Waals surface area contributed by atoms with Crippen LogP contribution in [0.15, 0.2) is 36.4 Å². The SMILES string of the molecule is CCCc1ccc(-c2ccc(CC)c(F)c2F)cc1.